The zero-order valence-corrected chi connectivity index (χ0v) is 12.0. The quantitative estimate of drug-likeness (QED) is 0.875. The molecule has 0 aromatic heterocycles. The third-order valence-corrected chi connectivity index (χ3v) is 4.15. The number of likely N-dealkylation sites (tertiary alicyclic amines) is 1. The molecule has 0 saturated carbocycles. The summed E-state index contributed by atoms with van der Waals surface area (Å²) in [5, 5.41) is 9.66. The summed E-state index contributed by atoms with van der Waals surface area (Å²) in [6.45, 7) is 6.14. The maximum absolute atomic E-state index is 9.66. The normalized spacial score (nSPS) is 21.3. The van der Waals surface area contributed by atoms with Gasteiger partial charge in [0.1, 0.15) is 0 Å². The lowest BCUT2D eigenvalue weighted by Gasteiger charge is -2.39. The van der Waals surface area contributed by atoms with Crippen LogP contribution in [0.15, 0.2) is 24.3 Å². The van der Waals surface area contributed by atoms with Gasteiger partial charge in [0.15, 0.2) is 0 Å². The van der Waals surface area contributed by atoms with E-state index in [-0.39, 0.29) is 18.2 Å². The molecule has 2 unspecified atom stereocenters. The van der Waals surface area contributed by atoms with Gasteiger partial charge in [-0.05, 0) is 31.7 Å². The topological polar surface area (TPSA) is 49.5 Å². The summed E-state index contributed by atoms with van der Waals surface area (Å²) in [5.74, 6) is 0. The van der Waals surface area contributed by atoms with E-state index in [1.54, 1.807) is 0 Å². The van der Waals surface area contributed by atoms with Crippen LogP contribution in [-0.4, -0.2) is 35.2 Å². The molecule has 0 aliphatic carbocycles. The number of benzene rings is 1. The molecule has 2 rings (SSSR count). The Morgan fingerprint density at radius 3 is 2.63 bits per heavy atom. The van der Waals surface area contributed by atoms with Crippen LogP contribution in [0.5, 0.6) is 0 Å². The van der Waals surface area contributed by atoms with Gasteiger partial charge in [-0.25, -0.2) is 0 Å². The second-order valence-corrected chi connectivity index (χ2v) is 5.70. The Morgan fingerprint density at radius 1 is 1.37 bits per heavy atom. The van der Waals surface area contributed by atoms with Crippen molar-refractivity contribution < 1.29 is 5.11 Å². The van der Waals surface area contributed by atoms with E-state index in [0.29, 0.717) is 0 Å². The fourth-order valence-corrected chi connectivity index (χ4v) is 2.97. The zero-order chi connectivity index (χ0) is 13.8. The number of aliphatic hydroxyl groups excluding tert-OH is 1. The standard InChI is InChI=1S/C16H26N2O/c1-3-15(17)16(13-6-4-5-12(2)11-13)18-9-7-14(19)8-10-18/h4-6,11,14-16,19H,3,7-10,17H2,1-2H3. The van der Waals surface area contributed by atoms with Crippen LogP contribution in [0.1, 0.15) is 43.4 Å². The van der Waals surface area contributed by atoms with Crippen molar-refractivity contribution in [3.05, 3.63) is 35.4 Å². The molecule has 0 radical (unpaired) electrons. The van der Waals surface area contributed by atoms with Crippen LogP contribution in [0, 0.1) is 6.92 Å². The van der Waals surface area contributed by atoms with Crippen LogP contribution in [0.2, 0.25) is 0 Å². The summed E-state index contributed by atoms with van der Waals surface area (Å²) < 4.78 is 0. The lowest BCUT2D eigenvalue weighted by atomic mass is 9.93. The molecular formula is C16H26N2O. The van der Waals surface area contributed by atoms with Crippen molar-refractivity contribution in [2.75, 3.05) is 13.1 Å². The van der Waals surface area contributed by atoms with Gasteiger partial charge >= 0.3 is 0 Å². The van der Waals surface area contributed by atoms with Crippen molar-refractivity contribution in [2.24, 2.45) is 5.73 Å². The highest BCUT2D eigenvalue weighted by Gasteiger charge is 2.28. The maximum Gasteiger partial charge on any atom is 0.0564 e. The smallest absolute Gasteiger partial charge is 0.0564 e. The fourth-order valence-electron chi connectivity index (χ4n) is 2.97. The Morgan fingerprint density at radius 2 is 2.05 bits per heavy atom. The van der Waals surface area contributed by atoms with E-state index in [1.807, 2.05) is 0 Å². The zero-order valence-electron chi connectivity index (χ0n) is 12.0. The minimum absolute atomic E-state index is 0.132. The van der Waals surface area contributed by atoms with Crippen LogP contribution in [0.25, 0.3) is 0 Å². The number of hydrogen-bond acceptors (Lipinski definition) is 3. The van der Waals surface area contributed by atoms with Crippen LogP contribution in [0.4, 0.5) is 0 Å². The number of piperidine rings is 1. The highest BCUT2D eigenvalue weighted by molar-refractivity contribution is 5.26. The molecule has 0 spiro atoms. The number of aryl methyl sites for hydroxylation is 1. The van der Waals surface area contributed by atoms with E-state index in [9.17, 15) is 5.11 Å². The molecule has 106 valence electrons. The SMILES string of the molecule is CCC(N)C(c1cccc(C)c1)N1CCC(O)CC1. The lowest BCUT2D eigenvalue weighted by Crippen LogP contribution is -2.45. The molecule has 1 aliphatic heterocycles. The second-order valence-electron chi connectivity index (χ2n) is 5.70. The molecule has 1 aromatic carbocycles. The first kappa shape index (κ1) is 14.5. The summed E-state index contributed by atoms with van der Waals surface area (Å²) in [5.41, 5.74) is 8.95. The predicted molar refractivity (Wildman–Crippen MR) is 79.0 cm³/mol. The van der Waals surface area contributed by atoms with Gasteiger partial charge in [0, 0.05) is 25.2 Å². The third-order valence-electron chi connectivity index (χ3n) is 4.15. The first-order chi connectivity index (χ1) is 9.11. The molecule has 1 saturated heterocycles. The molecule has 3 N–H and O–H groups in total. The number of aliphatic hydroxyl groups is 1. The van der Waals surface area contributed by atoms with Gasteiger partial charge in [-0.2, -0.15) is 0 Å². The van der Waals surface area contributed by atoms with Gasteiger partial charge in [0.25, 0.3) is 0 Å². The highest BCUT2D eigenvalue weighted by Crippen LogP contribution is 2.28. The van der Waals surface area contributed by atoms with Gasteiger partial charge in [0.2, 0.25) is 0 Å². The van der Waals surface area contributed by atoms with Gasteiger partial charge < -0.3 is 10.8 Å². The Balaban J connectivity index is 2.21. The Bertz CT molecular complexity index is 399. The van der Waals surface area contributed by atoms with Crippen molar-refractivity contribution in [3.63, 3.8) is 0 Å². The number of nitrogens with two attached hydrogens (primary N) is 1. The Labute approximate surface area is 116 Å². The Kier molecular flexibility index (Phi) is 4.97. The summed E-state index contributed by atoms with van der Waals surface area (Å²) in [6.07, 6.45) is 2.56. The minimum Gasteiger partial charge on any atom is -0.393 e. The molecule has 0 amide bonds. The lowest BCUT2D eigenvalue weighted by molar-refractivity contribution is 0.0529. The van der Waals surface area contributed by atoms with Gasteiger partial charge in [-0.1, -0.05) is 36.8 Å². The molecule has 1 aromatic rings. The van der Waals surface area contributed by atoms with E-state index in [1.165, 1.54) is 11.1 Å². The summed E-state index contributed by atoms with van der Waals surface area (Å²) in [7, 11) is 0. The van der Waals surface area contributed by atoms with E-state index >= 15 is 0 Å². The molecule has 3 heteroatoms. The van der Waals surface area contributed by atoms with E-state index in [4.69, 9.17) is 5.73 Å². The summed E-state index contributed by atoms with van der Waals surface area (Å²) >= 11 is 0. The molecule has 1 aliphatic rings. The van der Waals surface area contributed by atoms with Crippen molar-refractivity contribution >= 4 is 0 Å². The molecule has 19 heavy (non-hydrogen) atoms. The second kappa shape index (κ2) is 6.51. The summed E-state index contributed by atoms with van der Waals surface area (Å²) in [6, 6.07) is 9.08. The first-order valence-corrected chi connectivity index (χ1v) is 7.36. The van der Waals surface area contributed by atoms with Gasteiger partial charge in [-0.15, -0.1) is 0 Å². The first-order valence-electron chi connectivity index (χ1n) is 7.36. The predicted octanol–water partition coefficient (Wildman–Crippen LogP) is 2.23. The van der Waals surface area contributed by atoms with E-state index in [0.717, 1.165) is 32.4 Å². The van der Waals surface area contributed by atoms with Crippen LogP contribution >= 0.6 is 0 Å². The third kappa shape index (κ3) is 3.56. The Hall–Kier alpha value is -0.900. The molecular weight excluding hydrogens is 236 g/mol. The van der Waals surface area contributed by atoms with Crippen LogP contribution < -0.4 is 5.73 Å². The van der Waals surface area contributed by atoms with Gasteiger partial charge in [-0.3, -0.25) is 4.90 Å². The number of nitrogens with zero attached hydrogens (tertiary/aromatic N) is 1. The maximum atomic E-state index is 9.66. The number of rotatable bonds is 4. The highest BCUT2D eigenvalue weighted by atomic mass is 16.3. The van der Waals surface area contributed by atoms with Crippen molar-refractivity contribution in [1.82, 2.24) is 4.90 Å². The van der Waals surface area contributed by atoms with E-state index < -0.39 is 0 Å². The van der Waals surface area contributed by atoms with Crippen LogP contribution in [0.3, 0.4) is 0 Å². The van der Waals surface area contributed by atoms with Crippen LogP contribution in [-0.2, 0) is 0 Å². The largest absolute Gasteiger partial charge is 0.393 e. The molecule has 2 atom stereocenters. The monoisotopic (exact) mass is 262 g/mol. The summed E-state index contributed by atoms with van der Waals surface area (Å²) in [4.78, 5) is 2.44. The van der Waals surface area contributed by atoms with E-state index in [2.05, 4.69) is 43.0 Å². The molecule has 0 bridgehead atoms. The number of hydrogen-bond donors (Lipinski definition) is 2. The van der Waals surface area contributed by atoms with Crippen molar-refractivity contribution in [3.8, 4) is 0 Å². The fraction of sp³-hybridized carbons (Fsp3) is 0.625. The molecule has 3 nitrogen and oxygen atoms in total. The van der Waals surface area contributed by atoms with Gasteiger partial charge in [0.05, 0.1) is 6.10 Å². The average Bonchev–Trinajstić information content (AvgIpc) is 2.41. The van der Waals surface area contributed by atoms with Crippen molar-refractivity contribution in [1.29, 1.82) is 0 Å². The molecule has 1 heterocycles. The molecule has 1 fully saturated rings. The average molecular weight is 262 g/mol. The minimum atomic E-state index is -0.132. The van der Waals surface area contributed by atoms with Crippen molar-refractivity contribution in [2.45, 2.75) is 51.3 Å².